The minimum absolute atomic E-state index is 0.218. The summed E-state index contributed by atoms with van der Waals surface area (Å²) >= 11 is 0. The molecule has 0 radical (unpaired) electrons. The first-order valence-electron chi connectivity index (χ1n) is 9.09. The van der Waals surface area contributed by atoms with Gasteiger partial charge in [0, 0.05) is 38.8 Å². The Morgan fingerprint density at radius 3 is 2.39 bits per heavy atom. The normalized spacial score (nSPS) is 16.8. The van der Waals surface area contributed by atoms with Crippen molar-refractivity contribution in [3.63, 3.8) is 0 Å². The zero-order valence-electron chi connectivity index (χ0n) is 15.8. The van der Waals surface area contributed by atoms with Crippen LogP contribution in [0.1, 0.15) is 35.5 Å². The first-order valence-corrected chi connectivity index (χ1v) is 9.09. The maximum atomic E-state index is 12.7. The van der Waals surface area contributed by atoms with E-state index in [1.807, 2.05) is 13.0 Å². The molecule has 9 heteroatoms. The smallest absolute Gasteiger partial charge is 0.361 e. The van der Waals surface area contributed by atoms with Crippen molar-refractivity contribution in [2.75, 3.05) is 26.2 Å². The lowest BCUT2D eigenvalue weighted by molar-refractivity contribution is -0.137. The van der Waals surface area contributed by atoms with Crippen molar-refractivity contribution in [2.24, 2.45) is 0 Å². The lowest BCUT2D eigenvalue weighted by Gasteiger charge is -2.34. The van der Waals surface area contributed by atoms with Crippen molar-refractivity contribution in [2.45, 2.75) is 32.6 Å². The molecule has 152 valence electrons. The molecule has 0 saturated carbocycles. The number of carbonyl (C=O) groups excluding carboxylic acids is 1. The number of carbonyl (C=O) groups is 1. The lowest BCUT2D eigenvalue weighted by atomic mass is 10.1. The maximum absolute atomic E-state index is 12.7. The first kappa shape index (κ1) is 20.2. The molecular weight excluding hydrogens is 373 g/mol. The third-order valence-corrected chi connectivity index (χ3v) is 4.80. The Morgan fingerprint density at radius 2 is 1.86 bits per heavy atom. The summed E-state index contributed by atoms with van der Waals surface area (Å²) in [7, 11) is 0. The highest BCUT2D eigenvalue weighted by atomic mass is 19.4. The van der Waals surface area contributed by atoms with E-state index in [9.17, 15) is 18.0 Å². The second-order valence-electron chi connectivity index (χ2n) is 6.98. The molecule has 1 unspecified atom stereocenters. The van der Waals surface area contributed by atoms with E-state index in [2.05, 4.69) is 15.4 Å². The predicted molar refractivity (Wildman–Crippen MR) is 96.5 cm³/mol. The van der Waals surface area contributed by atoms with E-state index in [1.54, 1.807) is 11.8 Å². The largest absolute Gasteiger partial charge is 0.416 e. The number of aromatic nitrogens is 1. The average Bonchev–Trinajstić information content (AvgIpc) is 3.06. The van der Waals surface area contributed by atoms with Crippen molar-refractivity contribution in [1.29, 1.82) is 0 Å². The van der Waals surface area contributed by atoms with E-state index in [1.165, 1.54) is 12.1 Å². The number of amides is 2. The van der Waals surface area contributed by atoms with Gasteiger partial charge in [-0.25, -0.2) is 4.79 Å². The van der Waals surface area contributed by atoms with Gasteiger partial charge in [-0.15, -0.1) is 0 Å². The Kier molecular flexibility index (Phi) is 5.93. The Hall–Kier alpha value is -2.55. The van der Waals surface area contributed by atoms with Crippen LogP contribution in [-0.2, 0) is 12.7 Å². The number of hydrogen-bond acceptors (Lipinski definition) is 4. The van der Waals surface area contributed by atoms with Gasteiger partial charge < -0.3 is 14.7 Å². The third-order valence-electron chi connectivity index (χ3n) is 4.80. The number of nitrogens with zero attached hydrogens (tertiary/aromatic N) is 3. The summed E-state index contributed by atoms with van der Waals surface area (Å²) in [5, 5.41) is 6.83. The van der Waals surface area contributed by atoms with Crippen LogP contribution in [0.4, 0.5) is 18.0 Å². The molecule has 2 aromatic rings. The second kappa shape index (κ2) is 8.22. The number of hydrogen-bond donors (Lipinski definition) is 1. The molecule has 1 N–H and O–H groups in total. The molecule has 28 heavy (non-hydrogen) atoms. The number of alkyl halides is 3. The van der Waals surface area contributed by atoms with Gasteiger partial charge in [-0.2, -0.15) is 13.2 Å². The van der Waals surface area contributed by atoms with E-state index >= 15 is 0 Å². The van der Waals surface area contributed by atoms with E-state index < -0.39 is 11.7 Å². The summed E-state index contributed by atoms with van der Waals surface area (Å²) in [5.41, 5.74) is 0.793. The number of nitrogens with one attached hydrogen (secondary N) is 1. The van der Waals surface area contributed by atoms with Gasteiger partial charge in [-0.1, -0.05) is 17.3 Å². The highest BCUT2D eigenvalue weighted by Crippen LogP contribution is 2.29. The molecule has 0 spiro atoms. The molecule has 1 aliphatic rings. The van der Waals surface area contributed by atoms with E-state index in [-0.39, 0.29) is 12.1 Å². The third kappa shape index (κ3) is 5.03. The molecule has 2 amide bonds. The van der Waals surface area contributed by atoms with Crippen LogP contribution >= 0.6 is 0 Å². The highest BCUT2D eigenvalue weighted by Gasteiger charge is 2.30. The van der Waals surface area contributed by atoms with Crippen molar-refractivity contribution in [3.05, 3.63) is 52.9 Å². The molecule has 1 aliphatic heterocycles. The molecule has 1 atom stereocenters. The van der Waals surface area contributed by atoms with Gasteiger partial charge in [0.15, 0.2) is 0 Å². The van der Waals surface area contributed by atoms with Crippen LogP contribution in [0.2, 0.25) is 0 Å². The minimum atomic E-state index is -4.37. The summed E-state index contributed by atoms with van der Waals surface area (Å²) in [4.78, 5) is 16.4. The molecule has 1 aromatic heterocycles. The molecule has 2 heterocycles. The minimum Gasteiger partial charge on any atom is -0.361 e. The van der Waals surface area contributed by atoms with Gasteiger partial charge in [0.25, 0.3) is 0 Å². The van der Waals surface area contributed by atoms with E-state index in [0.29, 0.717) is 38.3 Å². The lowest BCUT2D eigenvalue weighted by Crippen LogP contribution is -2.51. The van der Waals surface area contributed by atoms with Gasteiger partial charge in [0.1, 0.15) is 5.76 Å². The van der Waals surface area contributed by atoms with Crippen molar-refractivity contribution in [1.82, 2.24) is 20.3 Å². The SMILES string of the molecule is Cc1cc(CN2CCN(C(=O)NC(C)c3ccc(C(F)(F)F)cc3)CC2)no1. The summed E-state index contributed by atoms with van der Waals surface area (Å²) in [5.74, 6) is 0.769. The fraction of sp³-hybridized carbons (Fsp3) is 0.474. The number of piperazine rings is 1. The zero-order chi connectivity index (χ0) is 20.3. The van der Waals surface area contributed by atoms with E-state index in [0.717, 1.165) is 23.6 Å². The van der Waals surface area contributed by atoms with Crippen molar-refractivity contribution in [3.8, 4) is 0 Å². The van der Waals surface area contributed by atoms with Crippen LogP contribution in [0.5, 0.6) is 0 Å². The number of benzene rings is 1. The van der Waals surface area contributed by atoms with Crippen LogP contribution in [0.25, 0.3) is 0 Å². The number of aryl methyl sites for hydroxylation is 1. The second-order valence-corrected chi connectivity index (χ2v) is 6.98. The van der Waals surface area contributed by atoms with Crippen molar-refractivity contribution < 1.29 is 22.5 Å². The molecule has 0 aliphatic carbocycles. The van der Waals surface area contributed by atoms with Crippen molar-refractivity contribution >= 4 is 6.03 Å². The quantitative estimate of drug-likeness (QED) is 0.858. The Labute approximate surface area is 161 Å². The van der Waals surface area contributed by atoms with Gasteiger partial charge in [0.05, 0.1) is 17.3 Å². The Morgan fingerprint density at radius 1 is 1.21 bits per heavy atom. The molecular formula is C19H23F3N4O2. The highest BCUT2D eigenvalue weighted by molar-refractivity contribution is 5.74. The summed E-state index contributed by atoms with van der Waals surface area (Å²) in [6, 6.07) is 6.14. The fourth-order valence-corrected chi connectivity index (χ4v) is 3.15. The summed E-state index contributed by atoms with van der Waals surface area (Å²) in [6.07, 6.45) is -4.37. The Bertz CT molecular complexity index is 796. The van der Waals surface area contributed by atoms with Crippen LogP contribution in [0.3, 0.4) is 0 Å². The van der Waals surface area contributed by atoms with Gasteiger partial charge >= 0.3 is 12.2 Å². The van der Waals surface area contributed by atoms with E-state index in [4.69, 9.17) is 4.52 Å². The van der Waals surface area contributed by atoms with Crippen LogP contribution in [0, 0.1) is 6.92 Å². The summed E-state index contributed by atoms with van der Waals surface area (Å²) in [6.45, 7) is 6.85. The number of urea groups is 1. The van der Waals surface area contributed by atoms with Gasteiger partial charge in [-0.05, 0) is 31.5 Å². The monoisotopic (exact) mass is 396 g/mol. The molecule has 1 saturated heterocycles. The number of rotatable bonds is 4. The van der Waals surface area contributed by atoms with Crippen LogP contribution in [-0.4, -0.2) is 47.2 Å². The van der Waals surface area contributed by atoms with Crippen LogP contribution in [0.15, 0.2) is 34.9 Å². The molecule has 3 rings (SSSR count). The predicted octanol–water partition coefficient (Wildman–Crippen LogP) is 3.59. The summed E-state index contributed by atoms with van der Waals surface area (Å²) < 4.78 is 43.0. The zero-order valence-corrected chi connectivity index (χ0v) is 15.8. The maximum Gasteiger partial charge on any atom is 0.416 e. The standard InChI is InChI=1S/C19H23F3N4O2/c1-13-11-17(24-28-13)12-25-7-9-26(10-8-25)18(27)23-14(2)15-3-5-16(6-4-15)19(20,21)22/h3-6,11,14H,7-10,12H2,1-2H3,(H,23,27). The van der Waals surface area contributed by atoms with Gasteiger partial charge in [-0.3, -0.25) is 4.90 Å². The fourth-order valence-electron chi connectivity index (χ4n) is 3.15. The molecule has 1 fully saturated rings. The molecule has 6 nitrogen and oxygen atoms in total. The molecule has 0 bridgehead atoms. The van der Waals surface area contributed by atoms with Gasteiger partial charge in [0.2, 0.25) is 0 Å². The number of halogens is 3. The topological polar surface area (TPSA) is 61.6 Å². The van der Waals surface area contributed by atoms with Crippen LogP contribution < -0.4 is 5.32 Å². The Balaban J connectivity index is 1.48. The first-order chi connectivity index (χ1) is 13.2. The average molecular weight is 396 g/mol. The molecule has 1 aromatic carbocycles.